The molecule has 3 aliphatic rings. The van der Waals surface area contributed by atoms with Gasteiger partial charge in [0.05, 0.1) is 0 Å². The van der Waals surface area contributed by atoms with Crippen molar-refractivity contribution in [1.29, 1.82) is 0 Å². The molecular weight excluding hydrogens is 384 g/mol. The third-order valence-electron chi connectivity index (χ3n) is 5.87. The molecule has 1 saturated carbocycles. The molecule has 4 amide bonds. The minimum absolute atomic E-state index is 0.00247. The number of nitrogens with one attached hydrogen (secondary N) is 2. The highest BCUT2D eigenvalue weighted by molar-refractivity contribution is 6.29. The second kappa shape index (κ2) is 7.20. The largest absolute Gasteiger partial charge is 0.349 e. The van der Waals surface area contributed by atoms with Crippen molar-refractivity contribution in [2.45, 2.75) is 44.2 Å². The van der Waals surface area contributed by atoms with Crippen molar-refractivity contribution in [2.24, 2.45) is 5.92 Å². The number of nitrogens with zero attached hydrogens (tertiary/aromatic N) is 4. The van der Waals surface area contributed by atoms with E-state index in [0.29, 0.717) is 31.2 Å². The molecule has 0 aromatic carbocycles. The Labute approximate surface area is 167 Å². The minimum Gasteiger partial charge on any atom is -0.349 e. The van der Waals surface area contributed by atoms with Gasteiger partial charge in [0.15, 0.2) is 11.0 Å². The molecule has 2 saturated heterocycles. The zero-order valence-electron chi connectivity index (χ0n) is 15.7. The molecule has 1 aromatic rings. The summed E-state index contributed by atoms with van der Waals surface area (Å²) in [4.78, 5) is 40.6. The number of anilines is 1. The van der Waals surface area contributed by atoms with Crippen molar-refractivity contribution < 1.29 is 14.4 Å². The number of piperazine rings is 1. The Morgan fingerprint density at radius 3 is 2.64 bits per heavy atom. The average molecular weight is 407 g/mol. The molecule has 3 fully saturated rings. The summed E-state index contributed by atoms with van der Waals surface area (Å²) in [6.07, 6.45) is 2.38. The number of amides is 4. The van der Waals surface area contributed by atoms with Crippen molar-refractivity contribution in [3.8, 4) is 0 Å². The molecule has 9 nitrogen and oxygen atoms in total. The average Bonchev–Trinajstić information content (AvgIpc) is 3.47. The number of hydrogen-bond donors (Lipinski definition) is 2. The number of rotatable bonds is 5. The Hall–Kier alpha value is -2.42. The molecule has 0 bridgehead atoms. The number of imide groups is 1. The first-order valence-electron chi connectivity index (χ1n) is 9.56. The summed E-state index contributed by atoms with van der Waals surface area (Å²) in [6.45, 7) is 3.82. The standard InChI is InChI=1S/C18H23ClN6O3/c1-11-10-24(8-9-25(11)14-5-4-13(19)22-23-14)15(26)6-7-18(12-2-3-12)16(27)20-17(28)21-18/h4-5,11-12H,2-3,6-10H2,1H3,(H2,20,21,27,28)/t11-,18?/m0/s1. The van der Waals surface area contributed by atoms with Gasteiger partial charge in [-0.05, 0) is 44.2 Å². The summed E-state index contributed by atoms with van der Waals surface area (Å²) in [7, 11) is 0. The minimum atomic E-state index is -0.918. The maximum atomic E-state index is 12.8. The fraction of sp³-hybridized carbons (Fsp3) is 0.611. The van der Waals surface area contributed by atoms with Crippen LogP contribution in [0.3, 0.4) is 0 Å². The highest BCUT2D eigenvalue weighted by Crippen LogP contribution is 2.43. The zero-order valence-corrected chi connectivity index (χ0v) is 16.4. The van der Waals surface area contributed by atoms with Crippen LogP contribution in [0.5, 0.6) is 0 Å². The fourth-order valence-electron chi connectivity index (χ4n) is 4.20. The third kappa shape index (κ3) is 3.50. The summed E-state index contributed by atoms with van der Waals surface area (Å²) < 4.78 is 0. The van der Waals surface area contributed by atoms with Gasteiger partial charge in [-0.1, -0.05) is 11.6 Å². The van der Waals surface area contributed by atoms with Crippen molar-refractivity contribution in [3.63, 3.8) is 0 Å². The summed E-state index contributed by atoms with van der Waals surface area (Å²) >= 11 is 5.80. The monoisotopic (exact) mass is 406 g/mol. The molecule has 28 heavy (non-hydrogen) atoms. The predicted molar refractivity (Wildman–Crippen MR) is 102 cm³/mol. The third-order valence-corrected chi connectivity index (χ3v) is 6.07. The molecule has 10 heteroatoms. The van der Waals surface area contributed by atoms with E-state index < -0.39 is 11.6 Å². The highest BCUT2D eigenvalue weighted by atomic mass is 35.5. The van der Waals surface area contributed by atoms with Crippen LogP contribution in [0.2, 0.25) is 5.15 Å². The van der Waals surface area contributed by atoms with Gasteiger partial charge in [-0.15, -0.1) is 10.2 Å². The number of urea groups is 1. The Morgan fingerprint density at radius 1 is 1.29 bits per heavy atom. The number of hydrogen-bond acceptors (Lipinski definition) is 6. The lowest BCUT2D eigenvalue weighted by Crippen LogP contribution is -2.55. The van der Waals surface area contributed by atoms with Gasteiger partial charge in [-0.2, -0.15) is 0 Å². The van der Waals surface area contributed by atoms with Crippen LogP contribution >= 0.6 is 11.6 Å². The lowest BCUT2D eigenvalue weighted by Gasteiger charge is -2.40. The SMILES string of the molecule is C[C@H]1CN(C(=O)CCC2(C3CC3)NC(=O)NC2=O)CCN1c1ccc(Cl)nn1. The zero-order chi connectivity index (χ0) is 19.9. The number of carbonyl (C=O) groups is 3. The molecular formula is C18H23ClN6O3. The van der Waals surface area contributed by atoms with Crippen molar-refractivity contribution in [3.05, 3.63) is 17.3 Å². The van der Waals surface area contributed by atoms with Crippen LogP contribution in [-0.4, -0.2) is 64.2 Å². The topological polar surface area (TPSA) is 108 Å². The lowest BCUT2D eigenvalue weighted by atomic mass is 9.87. The number of aromatic nitrogens is 2. The van der Waals surface area contributed by atoms with Crippen LogP contribution in [0, 0.1) is 5.92 Å². The van der Waals surface area contributed by atoms with Gasteiger partial charge in [0.25, 0.3) is 5.91 Å². The maximum Gasteiger partial charge on any atom is 0.322 e. The first-order valence-corrected chi connectivity index (χ1v) is 9.94. The van der Waals surface area contributed by atoms with E-state index in [2.05, 4.69) is 25.7 Å². The second-order valence-corrected chi connectivity index (χ2v) is 8.14. The van der Waals surface area contributed by atoms with E-state index in [1.807, 2.05) is 17.9 Å². The Bertz CT molecular complexity index is 799. The fourth-order valence-corrected chi connectivity index (χ4v) is 4.30. The van der Waals surface area contributed by atoms with E-state index in [1.54, 1.807) is 6.07 Å². The van der Waals surface area contributed by atoms with Gasteiger partial charge >= 0.3 is 6.03 Å². The smallest absolute Gasteiger partial charge is 0.322 e. The molecule has 3 heterocycles. The van der Waals surface area contributed by atoms with E-state index in [9.17, 15) is 14.4 Å². The van der Waals surface area contributed by atoms with Gasteiger partial charge in [0, 0.05) is 32.1 Å². The van der Waals surface area contributed by atoms with Gasteiger partial charge in [0.2, 0.25) is 5.91 Å². The van der Waals surface area contributed by atoms with Crippen molar-refractivity contribution >= 4 is 35.3 Å². The summed E-state index contributed by atoms with van der Waals surface area (Å²) in [5.41, 5.74) is -0.918. The van der Waals surface area contributed by atoms with Gasteiger partial charge in [-0.25, -0.2) is 4.79 Å². The van der Waals surface area contributed by atoms with Crippen molar-refractivity contribution in [2.75, 3.05) is 24.5 Å². The van der Waals surface area contributed by atoms with Crippen LogP contribution in [0.4, 0.5) is 10.6 Å². The van der Waals surface area contributed by atoms with Gasteiger partial charge in [0.1, 0.15) is 5.54 Å². The van der Waals surface area contributed by atoms with Crippen LogP contribution in [0.15, 0.2) is 12.1 Å². The van der Waals surface area contributed by atoms with E-state index >= 15 is 0 Å². The summed E-state index contributed by atoms with van der Waals surface area (Å²) in [5, 5.41) is 13.4. The molecule has 150 valence electrons. The van der Waals surface area contributed by atoms with Crippen LogP contribution in [0.1, 0.15) is 32.6 Å². The van der Waals surface area contributed by atoms with Crippen LogP contribution in [-0.2, 0) is 9.59 Å². The molecule has 1 unspecified atom stereocenters. The molecule has 0 radical (unpaired) electrons. The molecule has 2 atom stereocenters. The Morgan fingerprint density at radius 2 is 2.07 bits per heavy atom. The van der Waals surface area contributed by atoms with Gasteiger partial charge < -0.3 is 15.1 Å². The first-order chi connectivity index (χ1) is 13.4. The second-order valence-electron chi connectivity index (χ2n) is 7.75. The predicted octanol–water partition coefficient (Wildman–Crippen LogP) is 0.936. The van der Waals surface area contributed by atoms with E-state index in [-0.39, 0.29) is 30.2 Å². The molecule has 4 rings (SSSR count). The summed E-state index contributed by atoms with van der Waals surface area (Å²) in [5.74, 6) is 0.572. The lowest BCUT2D eigenvalue weighted by molar-refractivity contribution is -0.133. The Balaban J connectivity index is 1.35. The molecule has 1 aromatic heterocycles. The molecule has 2 aliphatic heterocycles. The highest BCUT2D eigenvalue weighted by Gasteiger charge is 2.55. The summed E-state index contributed by atoms with van der Waals surface area (Å²) in [6, 6.07) is 3.15. The normalized spacial score (nSPS) is 27.6. The van der Waals surface area contributed by atoms with Gasteiger partial charge in [-0.3, -0.25) is 14.9 Å². The van der Waals surface area contributed by atoms with E-state index in [1.165, 1.54) is 0 Å². The van der Waals surface area contributed by atoms with E-state index in [4.69, 9.17) is 11.6 Å². The Kier molecular flexibility index (Phi) is 4.86. The molecule has 2 N–H and O–H groups in total. The van der Waals surface area contributed by atoms with Crippen LogP contribution in [0.25, 0.3) is 0 Å². The molecule has 0 spiro atoms. The number of halogens is 1. The maximum absolute atomic E-state index is 12.8. The quantitative estimate of drug-likeness (QED) is 0.704. The van der Waals surface area contributed by atoms with Crippen LogP contribution < -0.4 is 15.5 Å². The van der Waals surface area contributed by atoms with E-state index in [0.717, 1.165) is 18.7 Å². The number of carbonyl (C=O) groups excluding carboxylic acids is 3. The first kappa shape index (κ1) is 18.9. The molecule has 1 aliphatic carbocycles. The van der Waals surface area contributed by atoms with Crippen molar-refractivity contribution in [1.82, 2.24) is 25.7 Å².